The van der Waals surface area contributed by atoms with Crippen molar-refractivity contribution in [3.63, 3.8) is 0 Å². The predicted molar refractivity (Wildman–Crippen MR) is 75.0 cm³/mol. The summed E-state index contributed by atoms with van der Waals surface area (Å²) < 4.78 is 10.6. The zero-order valence-electron chi connectivity index (χ0n) is 11.1. The number of hydrogen-bond acceptors (Lipinski definition) is 4. The van der Waals surface area contributed by atoms with E-state index in [9.17, 15) is 0 Å². The predicted octanol–water partition coefficient (Wildman–Crippen LogP) is 3.16. The van der Waals surface area contributed by atoms with Crippen LogP contribution >= 0.6 is 11.6 Å². The summed E-state index contributed by atoms with van der Waals surface area (Å²) in [5.74, 6) is 1.32. The summed E-state index contributed by atoms with van der Waals surface area (Å²) in [6.07, 6.45) is 0.426. The van der Waals surface area contributed by atoms with Crippen LogP contribution < -0.4 is 4.74 Å². The molecule has 1 aliphatic rings. The van der Waals surface area contributed by atoms with Crippen LogP contribution in [-0.2, 0) is 9.57 Å². The molecule has 0 saturated heterocycles. The molecule has 0 N–H and O–H groups in total. The molecule has 0 aromatic heterocycles. The summed E-state index contributed by atoms with van der Waals surface area (Å²) in [6.45, 7) is 2.54. The molecule has 5 heteroatoms. The fourth-order valence-corrected chi connectivity index (χ4v) is 2.36. The lowest BCUT2D eigenvalue weighted by Gasteiger charge is -2.27. The number of oxime groups is 1. The molecule has 0 spiro atoms. The Morgan fingerprint density at radius 2 is 2.11 bits per heavy atom. The summed E-state index contributed by atoms with van der Waals surface area (Å²) in [7, 11) is 1.65. The van der Waals surface area contributed by atoms with Crippen molar-refractivity contribution in [1.82, 2.24) is 0 Å². The summed E-state index contributed by atoms with van der Waals surface area (Å²) >= 11 is 5.93. The van der Waals surface area contributed by atoms with Crippen molar-refractivity contribution >= 4 is 17.3 Å². The molecule has 0 saturated carbocycles. The Bertz CT molecular complexity index is 433. The minimum atomic E-state index is -0.302. The molecular weight excluding hydrogens is 266 g/mol. The Hall–Kier alpha value is -1.26. The van der Waals surface area contributed by atoms with Crippen LogP contribution in [0.2, 0.25) is 0 Å². The van der Waals surface area contributed by atoms with Gasteiger partial charge in [0.25, 0.3) is 0 Å². The quantitative estimate of drug-likeness (QED) is 0.779. The minimum Gasteiger partial charge on any atom is -0.497 e. The molecule has 4 nitrogen and oxygen atoms in total. The highest BCUT2D eigenvalue weighted by molar-refractivity contribution is 6.29. The molecule has 1 aromatic rings. The zero-order valence-corrected chi connectivity index (χ0v) is 11.9. The minimum absolute atomic E-state index is 0.133. The van der Waals surface area contributed by atoms with Crippen LogP contribution in [0.3, 0.4) is 0 Å². The van der Waals surface area contributed by atoms with Crippen molar-refractivity contribution in [1.29, 1.82) is 0 Å². The van der Waals surface area contributed by atoms with Crippen molar-refractivity contribution in [3.8, 4) is 5.75 Å². The highest BCUT2D eigenvalue weighted by atomic mass is 35.5. The summed E-state index contributed by atoms with van der Waals surface area (Å²) in [5, 5.41) is 4.08. The van der Waals surface area contributed by atoms with Crippen LogP contribution in [0.5, 0.6) is 5.75 Å². The molecule has 2 atom stereocenters. The highest BCUT2D eigenvalue weighted by Gasteiger charge is 2.28. The van der Waals surface area contributed by atoms with Crippen LogP contribution in [0.15, 0.2) is 29.4 Å². The lowest BCUT2D eigenvalue weighted by molar-refractivity contribution is -0.149. The number of rotatable bonds is 5. The van der Waals surface area contributed by atoms with Crippen molar-refractivity contribution in [2.24, 2.45) is 5.16 Å². The number of hydrogen-bond donors (Lipinski definition) is 0. The van der Waals surface area contributed by atoms with Crippen LogP contribution in [0.4, 0.5) is 0 Å². The third-order valence-electron chi connectivity index (χ3n) is 3.13. The number of halogens is 1. The number of ether oxygens (including phenoxy) is 2. The van der Waals surface area contributed by atoms with E-state index in [4.69, 9.17) is 25.9 Å². The van der Waals surface area contributed by atoms with E-state index in [1.807, 2.05) is 31.2 Å². The van der Waals surface area contributed by atoms with Gasteiger partial charge in [-0.05, 0) is 24.6 Å². The summed E-state index contributed by atoms with van der Waals surface area (Å²) in [4.78, 5) is 5.28. The lowest BCUT2D eigenvalue weighted by Crippen LogP contribution is -2.29. The molecule has 1 heterocycles. The van der Waals surface area contributed by atoms with E-state index in [-0.39, 0.29) is 12.2 Å². The molecule has 0 fully saturated rings. The van der Waals surface area contributed by atoms with E-state index in [1.54, 1.807) is 7.11 Å². The zero-order chi connectivity index (χ0) is 13.7. The first kappa shape index (κ1) is 14.2. The third kappa shape index (κ3) is 3.39. The van der Waals surface area contributed by atoms with E-state index in [2.05, 4.69) is 5.16 Å². The number of alkyl halides is 1. The SMILES string of the molecule is CCO[C@@H]1C[C@@H](c2ccc(OC)cc2)C(CCl)=NO1. The molecule has 19 heavy (non-hydrogen) atoms. The first-order chi connectivity index (χ1) is 9.28. The van der Waals surface area contributed by atoms with E-state index in [0.717, 1.165) is 23.4 Å². The van der Waals surface area contributed by atoms with E-state index in [0.29, 0.717) is 12.5 Å². The van der Waals surface area contributed by atoms with Crippen molar-refractivity contribution in [2.75, 3.05) is 19.6 Å². The van der Waals surface area contributed by atoms with Gasteiger partial charge in [0.2, 0.25) is 6.29 Å². The van der Waals surface area contributed by atoms with Crippen molar-refractivity contribution in [3.05, 3.63) is 29.8 Å². The van der Waals surface area contributed by atoms with Gasteiger partial charge in [0.1, 0.15) is 5.75 Å². The molecule has 2 rings (SSSR count). The molecule has 0 unspecified atom stereocenters. The number of nitrogens with zero attached hydrogens (tertiary/aromatic N) is 1. The average molecular weight is 284 g/mol. The lowest BCUT2D eigenvalue weighted by atomic mass is 9.90. The van der Waals surface area contributed by atoms with Gasteiger partial charge in [0, 0.05) is 18.9 Å². The van der Waals surface area contributed by atoms with Crippen LogP contribution in [0, 0.1) is 0 Å². The standard InChI is InChI=1S/C14H18ClNO3/c1-3-18-14-8-12(13(9-15)16-19-14)10-4-6-11(17-2)7-5-10/h4-7,12,14H,3,8-9H2,1-2H3/t12-,14-/m0/s1. The maximum Gasteiger partial charge on any atom is 0.227 e. The van der Waals surface area contributed by atoms with Crippen LogP contribution in [0.1, 0.15) is 24.8 Å². The maximum absolute atomic E-state index is 5.93. The fraction of sp³-hybridized carbons (Fsp3) is 0.500. The Morgan fingerprint density at radius 1 is 1.37 bits per heavy atom. The number of benzene rings is 1. The maximum atomic E-state index is 5.93. The molecule has 0 aliphatic carbocycles. The van der Waals surface area contributed by atoms with Gasteiger partial charge in [-0.3, -0.25) is 0 Å². The Balaban J connectivity index is 2.18. The number of methoxy groups -OCH3 is 1. The normalized spacial score (nSPS) is 22.6. The molecule has 0 bridgehead atoms. The van der Waals surface area contributed by atoms with E-state index >= 15 is 0 Å². The van der Waals surface area contributed by atoms with Gasteiger partial charge in [-0.2, -0.15) is 0 Å². The monoisotopic (exact) mass is 283 g/mol. The Labute approximate surface area is 118 Å². The van der Waals surface area contributed by atoms with E-state index in [1.165, 1.54) is 0 Å². The highest BCUT2D eigenvalue weighted by Crippen LogP contribution is 2.30. The second-order valence-corrected chi connectivity index (χ2v) is 4.54. The third-order valence-corrected chi connectivity index (χ3v) is 3.40. The van der Waals surface area contributed by atoms with Gasteiger partial charge in [0.05, 0.1) is 18.7 Å². The van der Waals surface area contributed by atoms with Gasteiger partial charge in [-0.15, -0.1) is 11.6 Å². The van der Waals surface area contributed by atoms with Crippen LogP contribution in [-0.4, -0.2) is 31.6 Å². The van der Waals surface area contributed by atoms with Gasteiger partial charge >= 0.3 is 0 Å². The molecule has 1 aromatic carbocycles. The molecular formula is C14H18ClNO3. The van der Waals surface area contributed by atoms with Gasteiger partial charge in [0.15, 0.2) is 0 Å². The van der Waals surface area contributed by atoms with E-state index < -0.39 is 0 Å². The largest absolute Gasteiger partial charge is 0.497 e. The van der Waals surface area contributed by atoms with Gasteiger partial charge in [-0.1, -0.05) is 17.3 Å². The first-order valence-corrected chi connectivity index (χ1v) is 6.86. The summed E-state index contributed by atoms with van der Waals surface area (Å²) in [6, 6.07) is 7.93. The molecule has 0 amide bonds. The summed E-state index contributed by atoms with van der Waals surface area (Å²) in [5.41, 5.74) is 1.98. The molecule has 104 valence electrons. The Morgan fingerprint density at radius 3 is 2.68 bits per heavy atom. The molecule has 1 aliphatic heterocycles. The van der Waals surface area contributed by atoms with Gasteiger partial charge in [-0.25, -0.2) is 0 Å². The van der Waals surface area contributed by atoms with Gasteiger partial charge < -0.3 is 14.3 Å². The molecule has 0 radical (unpaired) electrons. The van der Waals surface area contributed by atoms with Crippen molar-refractivity contribution < 1.29 is 14.3 Å². The topological polar surface area (TPSA) is 40.0 Å². The average Bonchev–Trinajstić information content (AvgIpc) is 2.47. The van der Waals surface area contributed by atoms with Crippen molar-refractivity contribution in [2.45, 2.75) is 25.6 Å². The second kappa shape index (κ2) is 6.78. The second-order valence-electron chi connectivity index (χ2n) is 4.27. The van der Waals surface area contributed by atoms with Crippen LogP contribution in [0.25, 0.3) is 0 Å². The smallest absolute Gasteiger partial charge is 0.227 e. The Kier molecular flexibility index (Phi) is 5.05. The first-order valence-electron chi connectivity index (χ1n) is 6.32. The fourth-order valence-electron chi connectivity index (χ4n) is 2.13.